The summed E-state index contributed by atoms with van der Waals surface area (Å²) in [7, 11) is 0. The van der Waals surface area contributed by atoms with E-state index in [9.17, 15) is 9.59 Å². The Morgan fingerprint density at radius 1 is 1.10 bits per heavy atom. The van der Waals surface area contributed by atoms with Crippen molar-refractivity contribution in [1.82, 2.24) is 4.90 Å². The molecule has 29 heavy (non-hydrogen) atoms. The number of nitrogens with zero attached hydrogens (tertiary/aromatic N) is 1. The lowest BCUT2D eigenvalue weighted by Crippen LogP contribution is -2.47. The molecule has 5 nitrogen and oxygen atoms in total. The summed E-state index contributed by atoms with van der Waals surface area (Å²) in [5.74, 6) is 1.05. The van der Waals surface area contributed by atoms with Crippen LogP contribution in [0.2, 0.25) is 5.02 Å². The highest BCUT2D eigenvalue weighted by Crippen LogP contribution is 2.30. The third kappa shape index (κ3) is 5.51. The molecule has 1 aliphatic heterocycles. The van der Waals surface area contributed by atoms with Gasteiger partial charge < -0.3 is 15.0 Å². The first kappa shape index (κ1) is 21.2. The molecule has 0 aromatic heterocycles. The Kier molecular flexibility index (Phi) is 6.48. The molecule has 3 rings (SSSR count). The van der Waals surface area contributed by atoms with Gasteiger partial charge in [-0.05, 0) is 49.2 Å². The third-order valence-corrected chi connectivity index (χ3v) is 5.22. The Bertz CT molecular complexity index is 874. The number of ether oxygens (including phenoxy) is 1. The van der Waals surface area contributed by atoms with Crippen LogP contribution in [0.3, 0.4) is 0 Å². The van der Waals surface area contributed by atoms with Crippen LogP contribution in [-0.2, 0) is 9.59 Å². The standard InChI is InChI=1S/C23H27ClN2O3/c1-23(2,3)22(28)26-14-6-7-16(15-26)21(27)25-17-10-12-18(13-11-17)29-20-9-5-4-8-19(20)24/h4-5,8-13,16H,6-7,14-15H2,1-3H3,(H,25,27). The maximum atomic E-state index is 12.7. The number of para-hydroxylation sites is 1. The third-order valence-electron chi connectivity index (χ3n) is 4.91. The van der Waals surface area contributed by atoms with Crippen LogP contribution in [0.5, 0.6) is 11.5 Å². The Morgan fingerprint density at radius 2 is 1.79 bits per heavy atom. The second-order valence-electron chi connectivity index (χ2n) is 8.39. The minimum absolute atomic E-state index is 0.0591. The first-order valence-corrected chi connectivity index (χ1v) is 10.2. The van der Waals surface area contributed by atoms with Crippen molar-refractivity contribution in [3.63, 3.8) is 0 Å². The van der Waals surface area contributed by atoms with E-state index in [1.54, 1.807) is 36.4 Å². The number of carbonyl (C=O) groups excluding carboxylic acids is 2. The summed E-state index contributed by atoms with van der Waals surface area (Å²) >= 11 is 6.11. The molecule has 1 aliphatic rings. The number of rotatable bonds is 4. The first-order valence-electron chi connectivity index (χ1n) is 9.87. The predicted octanol–water partition coefficient (Wildman–Crippen LogP) is 5.36. The summed E-state index contributed by atoms with van der Waals surface area (Å²) in [6, 6.07) is 14.4. The summed E-state index contributed by atoms with van der Waals surface area (Å²) in [6.45, 7) is 6.91. The lowest BCUT2D eigenvalue weighted by Gasteiger charge is -2.35. The van der Waals surface area contributed by atoms with Crippen molar-refractivity contribution in [3.05, 3.63) is 53.6 Å². The van der Waals surface area contributed by atoms with Crippen LogP contribution in [0.1, 0.15) is 33.6 Å². The van der Waals surface area contributed by atoms with Gasteiger partial charge in [-0.3, -0.25) is 9.59 Å². The Hall–Kier alpha value is -2.53. The average molecular weight is 415 g/mol. The van der Waals surface area contributed by atoms with Gasteiger partial charge in [0, 0.05) is 24.2 Å². The Labute approximate surface area is 177 Å². The number of piperidine rings is 1. The van der Waals surface area contributed by atoms with Gasteiger partial charge >= 0.3 is 0 Å². The summed E-state index contributed by atoms with van der Waals surface area (Å²) in [5, 5.41) is 3.49. The number of anilines is 1. The molecule has 1 fully saturated rings. The van der Waals surface area contributed by atoms with E-state index in [1.807, 2.05) is 37.8 Å². The minimum Gasteiger partial charge on any atom is -0.456 e. The van der Waals surface area contributed by atoms with E-state index in [4.69, 9.17) is 16.3 Å². The van der Waals surface area contributed by atoms with Crippen LogP contribution in [-0.4, -0.2) is 29.8 Å². The van der Waals surface area contributed by atoms with Crippen LogP contribution >= 0.6 is 11.6 Å². The van der Waals surface area contributed by atoms with E-state index in [0.29, 0.717) is 35.3 Å². The summed E-state index contributed by atoms with van der Waals surface area (Å²) in [5.41, 5.74) is 0.260. The maximum Gasteiger partial charge on any atom is 0.229 e. The molecule has 154 valence electrons. The monoisotopic (exact) mass is 414 g/mol. The van der Waals surface area contributed by atoms with E-state index in [-0.39, 0.29) is 17.7 Å². The Balaban J connectivity index is 1.59. The molecule has 0 saturated carbocycles. The smallest absolute Gasteiger partial charge is 0.229 e. The number of hydrogen-bond acceptors (Lipinski definition) is 3. The van der Waals surface area contributed by atoms with Crippen LogP contribution < -0.4 is 10.1 Å². The van der Waals surface area contributed by atoms with Crippen molar-refractivity contribution in [3.8, 4) is 11.5 Å². The fourth-order valence-corrected chi connectivity index (χ4v) is 3.53. The number of likely N-dealkylation sites (tertiary alicyclic amines) is 1. The summed E-state index contributed by atoms with van der Waals surface area (Å²) < 4.78 is 5.77. The number of halogens is 1. The molecule has 2 aromatic rings. The van der Waals surface area contributed by atoms with Crippen LogP contribution in [0.15, 0.2) is 48.5 Å². The minimum atomic E-state index is -0.435. The van der Waals surface area contributed by atoms with E-state index in [0.717, 1.165) is 12.8 Å². The zero-order valence-corrected chi connectivity index (χ0v) is 17.8. The van der Waals surface area contributed by atoms with Gasteiger partial charge in [-0.15, -0.1) is 0 Å². The summed E-state index contributed by atoms with van der Waals surface area (Å²) in [6.07, 6.45) is 1.62. The molecule has 1 unspecified atom stereocenters. The van der Waals surface area contributed by atoms with Crippen molar-refractivity contribution in [2.24, 2.45) is 11.3 Å². The van der Waals surface area contributed by atoms with E-state index >= 15 is 0 Å². The molecule has 1 atom stereocenters. The maximum absolute atomic E-state index is 12.7. The molecule has 0 bridgehead atoms. The van der Waals surface area contributed by atoms with Crippen molar-refractivity contribution in [1.29, 1.82) is 0 Å². The van der Waals surface area contributed by atoms with Gasteiger partial charge in [-0.2, -0.15) is 0 Å². The molecule has 2 aromatic carbocycles. The molecule has 0 radical (unpaired) electrons. The second kappa shape index (κ2) is 8.87. The molecule has 1 N–H and O–H groups in total. The lowest BCUT2D eigenvalue weighted by molar-refractivity contribution is -0.142. The predicted molar refractivity (Wildman–Crippen MR) is 115 cm³/mol. The van der Waals surface area contributed by atoms with Gasteiger partial charge in [0.25, 0.3) is 0 Å². The van der Waals surface area contributed by atoms with Gasteiger partial charge in [0.2, 0.25) is 11.8 Å². The quantitative estimate of drug-likeness (QED) is 0.733. The van der Waals surface area contributed by atoms with Gasteiger partial charge in [0.15, 0.2) is 0 Å². The van der Waals surface area contributed by atoms with Gasteiger partial charge in [-0.25, -0.2) is 0 Å². The molecule has 2 amide bonds. The molecular weight excluding hydrogens is 388 g/mol. The van der Waals surface area contributed by atoms with Gasteiger partial charge in [0.05, 0.1) is 10.9 Å². The largest absolute Gasteiger partial charge is 0.456 e. The van der Waals surface area contributed by atoms with E-state index in [2.05, 4.69) is 5.32 Å². The molecule has 0 spiro atoms. The average Bonchev–Trinajstić information content (AvgIpc) is 2.70. The molecule has 0 aliphatic carbocycles. The summed E-state index contributed by atoms with van der Waals surface area (Å²) in [4.78, 5) is 27.1. The van der Waals surface area contributed by atoms with Crippen molar-refractivity contribution >= 4 is 29.1 Å². The SMILES string of the molecule is CC(C)(C)C(=O)N1CCCC(C(=O)Nc2ccc(Oc3ccccc3Cl)cc2)C1. The fraction of sp³-hybridized carbons (Fsp3) is 0.391. The normalized spacial score (nSPS) is 17.0. The zero-order valence-electron chi connectivity index (χ0n) is 17.1. The Morgan fingerprint density at radius 3 is 2.45 bits per heavy atom. The molecular formula is C23H27ClN2O3. The molecule has 1 saturated heterocycles. The van der Waals surface area contributed by atoms with Crippen LogP contribution in [0, 0.1) is 11.3 Å². The highest BCUT2D eigenvalue weighted by atomic mass is 35.5. The first-order chi connectivity index (χ1) is 13.7. The molecule has 1 heterocycles. The fourth-order valence-electron chi connectivity index (χ4n) is 3.36. The van der Waals surface area contributed by atoms with Crippen LogP contribution in [0.4, 0.5) is 5.69 Å². The van der Waals surface area contributed by atoms with Crippen LogP contribution in [0.25, 0.3) is 0 Å². The number of hydrogen-bond donors (Lipinski definition) is 1. The number of benzene rings is 2. The number of nitrogens with one attached hydrogen (secondary N) is 1. The van der Waals surface area contributed by atoms with Crippen molar-refractivity contribution in [2.75, 3.05) is 18.4 Å². The van der Waals surface area contributed by atoms with E-state index < -0.39 is 5.41 Å². The highest BCUT2D eigenvalue weighted by molar-refractivity contribution is 6.32. The van der Waals surface area contributed by atoms with E-state index in [1.165, 1.54) is 0 Å². The molecule has 6 heteroatoms. The van der Waals surface area contributed by atoms with Gasteiger partial charge in [0.1, 0.15) is 11.5 Å². The van der Waals surface area contributed by atoms with Crippen molar-refractivity contribution < 1.29 is 14.3 Å². The second-order valence-corrected chi connectivity index (χ2v) is 8.79. The topological polar surface area (TPSA) is 58.6 Å². The number of amides is 2. The van der Waals surface area contributed by atoms with Gasteiger partial charge in [-0.1, -0.05) is 44.5 Å². The van der Waals surface area contributed by atoms with Crippen molar-refractivity contribution in [2.45, 2.75) is 33.6 Å². The lowest BCUT2D eigenvalue weighted by atomic mass is 9.91. The highest BCUT2D eigenvalue weighted by Gasteiger charge is 2.33. The number of carbonyl (C=O) groups is 2. The zero-order chi connectivity index (χ0) is 21.0.